The Morgan fingerprint density at radius 2 is 1.81 bits per heavy atom. The van der Waals surface area contributed by atoms with Gasteiger partial charge in [-0.2, -0.15) is 0 Å². The van der Waals surface area contributed by atoms with Gasteiger partial charge in [0.15, 0.2) is 0 Å². The van der Waals surface area contributed by atoms with Gasteiger partial charge >= 0.3 is 5.97 Å². The summed E-state index contributed by atoms with van der Waals surface area (Å²) in [5.74, 6) is -0.530. The minimum atomic E-state index is -0.961. The van der Waals surface area contributed by atoms with E-state index in [0.717, 1.165) is 37.5 Å². The van der Waals surface area contributed by atoms with Gasteiger partial charge in [-0.3, -0.25) is 9.69 Å². The molecule has 2 aromatic carbocycles. The van der Waals surface area contributed by atoms with Crippen LogP contribution in [-0.4, -0.2) is 59.5 Å². The van der Waals surface area contributed by atoms with Crippen LogP contribution in [-0.2, 0) is 17.8 Å². The van der Waals surface area contributed by atoms with Gasteiger partial charge < -0.3 is 20.3 Å². The van der Waals surface area contributed by atoms with Crippen molar-refractivity contribution in [2.75, 3.05) is 26.2 Å². The zero-order chi connectivity index (χ0) is 22.2. The van der Waals surface area contributed by atoms with Gasteiger partial charge in [0.2, 0.25) is 0 Å². The zero-order valence-electron chi connectivity index (χ0n) is 17.3. The van der Waals surface area contributed by atoms with E-state index in [4.69, 9.17) is 33.0 Å². The highest BCUT2D eigenvalue weighted by atomic mass is 35.5. The molecule has 1 aliphatic heterocycles. The molecule has 6 nitrogen and oxygen atoms in total. The Kier molecular flexibility index (Phi) is 8.99. The summed E-state index contributed by atoms with van der Waals surface area (Å²) in [4.78, 5) is 13.4. The van der Waals surface area contributed by atoms with Gasteiger partial charge in [0.25, 0.3) is 0 Å². The Hall–Kier alpha value is -1.83. The van der Waals surface area contributed by atoms with Gasteiger partial charge in [0.1, 0.15) is 18.5 Å². The summed E-state index contributed by atoms with van der Waals surface area (Å²) < 4.78 is 5.66. The molecule has 3 rings (SSSR count). The molecule has 1 aliphatic rings. The number of halogens is 2. The number of nitrogens with zero attached hydrogens (tertiary/aromatic N) is 1. The monoisotopic (exact) mass is 466 g/mol. The van der Waals surface area contributed by atoms with E-state index in [2.05, 4.69) is 22.3 Å². The summed E-state index contributed by atoms with van der Waals surface area (Å²) in [6.07, 6.45) is 1.15. The molecular formula is C23H28Cl2N2O4. The molecule has 1 fully saturated rings. The maximum absolute atomic E-state index is 11.0. The first-order valence-electron chi connectivity index (χ1n) is 10.4. The Morgan fingerprint density at radius 3 is 2.48 bits per heavy atom. The molecule has 0 aliphatic carbocycles. The molecule has 1 heterocycles. The average molecular weight is 467 g/mol. The number of nitrogens with one attached hydrogen (secondary N) is 1. The highest BCUT2D eigenvalue weighted by Gasteiger charge is 2.20. The van der Waals surface area contributed by atoms with Crippen molar-refractivity contribution >= 4 is 29.2 Å². The van der Waals surface area contributed by atoms with E-state index in [1.807, 2.05) is 12.1 Å². The number of rotatable bonds is 10. The molecule has 1 saturated heterocycles. The molecule has 3 N–H and O–H groups in total. The van der Waals surface area contributed by atoms with E-state index < -0.39 is 12.1 Å². The van der Waals surface area contributed by atoms with Crippen LogP contribution >= 0.6 is 23.2 Å². The molecule has 0 unspecified atom stereocenters. The molecule has 0 amide bonds. The minimum Gasteiger partial charge on any atom is -0.491 e. The fourth-order valence-corrected chi connectivity index (χ4v) is 4.00. The summed E-state index contributed by atoms with van der Waals surface area (Å²) in [7, 11) is 0. The molecular weight excluding hydrogens is 439 g/mol. The second kappa shape index (κ2) is 11.7. The number of carboxylic acids is 1. The summed E-state index contributed by atoms with van der Waals surface area (Å²) in [6, 6.07) is 13.2. The molecule has 0 radical (unpaired) electrons. The van der Waals surface area contributed by atoms with Gasteiger partial charge in [0.05, 0.1) is 6.42 Å². The Labute approximate surface area is 192 Å². The van der Waals surface area contributed by atoms with Crippen molar-refractivity contribution in [1.29, 1.82) is 0 Å². The van der Waals surface area contributed by atoms with E-state index in [-0.39, 0.29) is 13.0 Å². The number of ether oxygens (including phenoxy) is 1. The summed E-state index contributed by atoms with van der Waals surface area (Å²) in [5.41, 5.74) is 1.75. The number of aliphatic hydroxyl groups is 1. The predicted molar refractivity (Wildman–Crippen MR) is 122 cm³/mol. The van der Waals surface area contributed by atoms with Crippen LogP contribution in [0.4, 0.5) is 0 Å². The smallest absolute Gasteiger partial charge is 0.307 e. The van der Waals surface area contributed by atoms with E-state index in [1.165, 1.54) is 5.56 Å². The molecule has 1 atom stereocenters. The second-order valence-electron chi connectivity index (χ2n) is 7.87. The fourth-order valence-electron chi connectivity index (χ4n) is 3.68. The average Bonchev–Trinajstić information content (AvgIpc) is 2.74. The lowest BCUT2D eigenvalue weighted by molar-refractivity contribution is -0.136. The SMILES string of the molecule is O=C(O)Cc1cc(Cl)ccc1OC[C@H](O)CNC1CCN(Cc2ccc(Cl)cc2)CC1. The molecule has 0 bridgehead atoms. The van der Waals surface area contributed by atoms with Crippen LogP contribution in [0.1, 0.15) is 24.0 Å². The largest absolute Gasteiger partial charge is 0.491 e. The number of aliphatic carboxylic acids is 1. The lowest BCUT2D eigenvalue weighted by Crippen LogP contribution is -2.45. The lowest BCUT2D eigenvalue weighted by Gasteiger charge is -2.33. The molecule has 0 spiro atoms. The van der Waals surface area contributed by atoms with Crippen molar-refractivity contribution in [3.05, 3.63) is 63.6 Å². The van der Waals surface area contributed by atoms with Gasteiger partial charge in [0, 0.05) is 34.7 Å². The molecule has 168 valence electrons. The van der Waals surface area contributed by atoms with Crippen molar-refractivity contribution in [3.63, 3.8) is 0 Å². The van der Waals surface area contributed by atoms with Gasteiger partial charge in [-0.05, 0) is 61.8 Å². The van der Waals surface area contributed by atoms with E-state index in [9.17, 15) is 9.90 Å². The van der Waals surface area contributed by atoms with Crippen LogP contribution < -0.4 is 10.1 Å². The normalized spacial score (nSPS) is 16.2. The highest BCUT2D eigenvalue weighted by molar-refractivity contribution is 6.30. The van der Waals surface area contributed by atoms with Crippen LogP contribution in [0.2, 0.25) is 10.0 Å². The molecule has 0 aromatic heterocycles. The first-order valence-corrected chi connectivity index (χ1v) is 11.2. The Bertz CT molecular complexity index is 855. The molecule has 31 heavy (non-hydrogen) atoms. The van der Waals surface area contributed by atoms with Crippen molar-refractivity contribution in [2.45, 2.75) is 38.0 Å². The number of carboxylic acid groups (broad SMARTS) is 1. The van der Waals surface area contributed by atoms with Crippen molar-refractivity contribution < 1.29 is 19.7 Å². The molecule has 8 heteroatoms. The van der Waals surface area contributed by atoms with E-state index in [0.29, 0.717) is 28.9 Å². The first-order chi connectivity index (χ1) is 14.9. The first kappa shape index (κ1) is 23.8. The second-order valence-corrected chi connectivity index (χ2v) is 8.75. The van der Waals surface area contributed by atoms with Crippen LogP contribution in [0, 0.1) is 0 Å². The van der Waals surface area contributed by atoms with Gasteiger partial charge in [-0.1, -0.05) is 35.3 Å². The summed E-state index contributed by atoms with van der Waals surface area (Å²) in [5, 5.41) is 23.9. The van der Waals surface area contributed by atoms with Gasteiger partial charge in [-0.15, -0.1) is 0 Å². The number of hydrogen-bond acceptors (Lipinski definition) is 5. The van der Waals surface area contributed by atoms with E-state index >= 15 is 0 Å². The molecule has 2 aromatic rings. The Morgan fingerprint density at radius 1 is 1.13 bits per heavy atom. The highest BCUT2D eigenvalue weighted by Crippen LogP contribution is 2.24. The van der Waals surface area contributed by atoms with Crippen molar-refractivity contribution in [1.82, 2.24) is 10.2 Å². The maximum atomic E-state index is 11.0. The third-order valence-corrected chi connectivity index (χ3v) is 5.83. The summed E-state index contributed by atoms with van der Waals surface area (Å²) in [6.45, 7) is 3.41. The van der Waals surface area contributed by atoms with Crippen LogP contribution in [0.3, 0.4) is 0 Å². The number of hydrogen-bond donors (Lipinski definition) is 3. The zero-order valence-corrected chi connectivity index (χ0v) is 18.8. The minimum absolute atomic E-state index is 0.0800. The topological polar surface area (TPSA) is 82.0 Å². The predicted octanol–water partition coefficient (Wildman–Crippen LogP) is 3.61. The van der Waals surface area contributed by atoms with Crippen LogP contribution in [0.25, 0.3) is 0 Å². The maximum Gasteiger partial charge on any atom is 0.307 e. The number of likely N-dealkylation sites (tertiary alicyclic amines) is 1. The number of carbonyl (C=O) groups is 1. The molecule has 0 saturated carbocycles. The van der Waals surface area contributed by atoms with E-state index in [1.54, 1.807) is 18.2 Å². The van der Waals surface area contributed by atoms with Crippen LogP contribution in [0.5, 0.6) is 5.75 Å². The lowest BCUT2D eigenvalue weighted by atomic mass is 10.0. The standard InChI is InChI=1S/C23H28Cl2N2O4/c24-18-3-1-16(2-4-18)14-27-9-7-20(8-10-27)26-13-21(28)15-31-22-6-5-19(25)11-17(22)12-23(29)30/h1-6,11,20-21,26,28H,7-10,12-15H2,(H,29,30)/t21-/m1/s1. The number of piperidine rings is 1. The fraction of sp³-hybridized carbons (Fsp3) is 0.435. The quantitative estimate of drug-likeness (QED) is 0.496. The Balaban J connectivity index is 1.37. The number of benzene rings is 2. The van der Waals surface area contributed by atoms with Crippen molar-refractivity contribution in [2.24, 2.45) is 0 Å². The van der Waals surface area contributed by atoms with Crippen LogP contribution in [0.15, 0.2) is 42.5 Å². The summed E-state index contributed by atoms with van der Waals surface area (Å²) >= 11 is 11.9. The van der Waals surface area contributed by atoms with Gasteiger partial charge in [-0.25, -0.2) is 0 Å². The third-order valence-electron chi connectivity index (χ3n) is 5.34. The number of aliphatic hydroxyl groups excluding tert-OH is 1. The van der Waals surface area contributed by atoms with Crippen molar-refractivity contribution in [3.8, 4) is 5.75 Å². The third kappa shape index (κ3) is 7.98.